The van der Waals surface area contributed by atoms with Crippen LogP contribution in [0.5, 0.6) is 0 Å². The first-order valence-corrected chi connectivity index (χ1v) is 19.8. The van der Waals surface area contributed by atoms with Gasteiger partial charge in [-0.25, -0.2) is 4.79 Å². The Hall–Kier alpha value is -3.84. The van der Waals surface area contributed by atoms with E-state index in [0.717, 1.165) is 44.9 Å². The fraction of sp³-hybridized carbons (Fsp3) is 0.795. The third-order valence-electron chi connectivity index (χ3n) is 13.0. The SMILES string of the molecule is CCC12CC1(C(=O)C(=O)NC1CC1)NC(=O)[C@@H]1[C@H]3C2CC[C@H]3CN1C(=O)[C@@H](NC(=O)[C@@H](NC(=O)/C(C)=N/C(=O)OC(C)C)C1CCCCC1)C(C)(C)C. The molecule has 6 amide bonds. The van der Waals surface area contributed by atoms with E-state index in [1.165, 1.54) is 6.92 Å². The number of carbonyl (C=O) groups excluding carboxylic acids is 7. The van der Waals surface area contributed by atoms with Crippen LogP contribution < -0.4 is 21.3 Å². The maximum atomic E-state index is 14.8. The lowest BCUT2D eigenvalue weighted by Gasteiger charge is -2.38. The Balaban J connectivity index is 1.24. The summed E-state index contributed by atoms with van der Waals surface area (Å²) >= 11 is 0. The minimum absolute atomic E-state index is 0.00343. The Morgan fingerprint density at radius 2 is 1.64 bits per heavy atom. The standard InChI is InChI=1S/C39H58N6O8/c1-8-38-19-39(38,30(46)34(50)41-24-15-16-24)44-33(49)28-26-23(14-17-25(26)38)18-45(28)35(51)29(37(5,6)7)43-32(48)27(22-12-10-9-11-13-22)42-31(47)21(4)40-36(52)53-20(2)3/h20,22-29H,8-19H2,1-7H3,(H,41,50)(H,42,47)(H,43,48)(H,44,49)/b40-21+/t23-,25?,26+,27-,28-,29+,38?,39?/m0/s1. The molecule has 2 aliphatic heterocycles. The van der Waals surface area contributed by atoms with Crippen LogP contribution in [0.1, 0.15) is 119 Å². The largest absolute Gasteiger partial charge is 0.445 e. The highest BCUT2D eigenvalue weighted by Gasteiger charge is 2.80. The Morgan fingerprint density at radius 1 is 0.962 bits per heavy atom. The Kier molecular flexibility index (Phi) is 10.6. The number of likely N-dealkylation sites (tertiary alicyclic amines) is 1. The summed E-state index contributed by atoms with van der Waals surface area (Å²) in [7, 11) is 0. The van der Waals surface area contributed by atoms with Crippen molar-refractivity contribution in [1.82, 2.24) is 26.2 Å². The normalized spacial score (nSPS) is 32.0. The number of hydrogen-bond donors (Lipinski definition) is 4. The molecular formula is C39H58N6O8. The van der Waals surface area contributed by atoms with Gasteiger partial charge in [-0.2, -0.15) is 4.99 Å². The number of carbonyl (C=O) groups is 7. The van der Waals surface area contributed by atoms with Gasteiger partial charge in [0.1, 0.15) is 29.4 Å². The molecule has 8 atom stereocenters. The van der Waals surface area contributed by atoms with Crippen LogP contribution in [-0.4, -0.2) is 94.4 Å². The average Bonchev–Trinajstić information content (AvgIpc) is 3.94. The monoisotopic (exact) mass is 738 g/mol. The Bertz CT molecular complexity index is 1580. The molecule has 0 aromatic heterocycles. The number of nitrogens with zero attached hydrogens (tertiary/aromatic N) is 2. The smallest absolute Gasteiger partial charge is 0.434 e. The summed E-state index contributed by atoms with van der Waals surface area (Å²) in [6.45, 7) is 12.6. The van der Waals surface area contributed by atoms with Gasteiger partial charge in [0.05, 0.1) is 6.10 Å². The van der Waals surface area contributed by atoms with Gasteiger partial charge >= 0.3 is 6.09 Å². The van der Waals surface area contributed by atoms with Gasteiger partial charge in [-0.05, 0) is 101 Å². The van der Waals surface area contributed by atoms with Crippen LogP contribution in [0.2, 0.25) is 0 Å². The number of fused-ring (bicyclic) bond motifs is 2. The van der Waals surface area contributed by atoms with E-state index in [0.29, 0.717) is 32.2 Å². The average molecular weight is 739 g/mol. The van der Waals surface area contributed by atoms with Crippen LogP contribution in [0.25, 0.3) is 0 Å². The van der Waals surface area contributed by atoms with Crippen molar-refractivity contribution in [2.45, 2.75) is 155 Å². The Morgan fingerprint density at radius 3 is 2.25 bits per heavy atom. The molecule has 0 aromatic rings. The van der Waals surface area contributed by atoms with E-state index in [9.17, 15) is 33.6 Å². The summed E-state index contributed by atoms with van der Waals surface area (Å²) < 4.78 is 5.05. The first-order valence-electron chi connectivity index (χ1n) is 19.8. The number of amides is 6. The topological polar surface area (TPSA) is 192 Å². The molecule has 4 saturated carbocycles. The second kappa shape index (κ2) is 14.4. The van der Waals surface area contributed by atoms with Crippen LogP contribution in [0.3, 0.4) is 0 Å². The number of rotatable bonds is 11. The predicted octanol–water partition coefficient (Wildman–Crippen LogP) is 2.96. The first-order chi connectivity index (χ1) is 24.9. The third-order valence-corrected chi connectivity index (χ3v) is 13.0. The maximum absolute atomic E-state index is 14.8. The van der Waals surface area contributed by atoms with Crippen molar-refractivity contribution >= 4 is 47.1 Å². The number of aliphatic imine (C=N–C) groups is 1. The molecule has 0 bridgehead atoms. The number of ketones is 1. The molecule has 6 rings (SSSR count). The van der Waals surface area contributed by atoms with Crippen LogP contribution in [0.15, 0.2) is 4.99 Å². The molecule has 6 aliphatic rings. The molecular weight excluding hydrogens is 680 g/mol. The summed E-state index contributed by atoms with van der Waals surface area (Å²) in [6, 6.07) is -2.87. The quantitative estimate of drug-likeness (QED) is 0.184. The molecule has 2 heterocycles. The van der Waals surface area contributed by atoms with Gasteiger partial charge in [0.2, 0.25) is 23.5 Å². The van der Waals surface area contributed by atoms with E-state index in [1.54, 1.807) is 18.7 Å². The lowest BCUT2D eigenvalue weighted by atomic mass is 9.73. The summed E-state index contributed by atoms with van der Waals surface area (Å²) in [5, 5.41) is 11.7. The van der Waals surface area contributed by atoms with Gasteiger partial charge in [0.25, 0.3) is 11.8 Å². The molecule has 3 unspecified atom stereocenters. The molecule has 0 spiro atoms. The zero-order valence-electron chi connectivity index (χ0n) is 32.3. The summed E-state index contributed by atoms with van der Waals surface area (Å²) in [6.07, 6.45) is 7.23. The number of Topliss-reactive ketones (excluding diaryl/α,β-unsaturated/α-hetero) is 1. The van der Waals surface area contributed by atoms with Crippen LogP contribution in [0, 0.1) is 34.5 Å². The van der Waals surface area contributed by atoms with Gasteiger partial charge in [-0.3, -0.25) is 28.8 Å². The van der Waals surface area contributed by atoms with E-state index in [1.807, 2.05) is 27.7 Å². The van der Waals surface area contributed by atoms with Crippen molar-refractivity contribution in [3.05, 3.63) is 0 Å². The third kappa shape index (κ3) is 7.23. The minimum Gasteiger partial charge on any atom is -0.445 e. The summed E-state index contributed by atoms with van der Waals surface area (Å²) in [5.41, 5.74) is -2.76. The zero-order valence-corrected chi connectivity index (χ0v) is 32.3. The van der Waals surface area contributed by atoms with Crippen molar-refractivity contribution in [3.8, 4) is 0 Å². The van der Waals surface area contributed by atoms with Gasteiger partial charge in [-0.15, -0.1) is 0 Å². The zero-order chi connectivity index (χ0) is 38.6. The summed E-state index contributed by atoms with van der Waals surface area (Å²) in [5.74, 6) is -3.58. The number of ether oxygens (including phenoxy) is 1. The predicted molar refractivity (Wildman–Crippen MR) is 194 cm³/mol. The van der Waals surface area contributed by atoms with Gasteiger partial charge < -0.3 is 30.9 Å². The van der Waals surface area contributed by atoms with E-state index >= 15 is 0 Å². The molecule has 53 heavy (non-hydrogen) atoms. The Labute approximate surface area is 312 Å². The van der Waals surface area contributed by atoms with E-state index in [-0.39, 0.29) is 35.4 Å². The minimum atomic E-state index is -1.29. The lowest BCUT2D eigenvalue weighted by Crippen LogP contribution is -2.62. The fourth-order valence-corrected chi connectivity index (χ4v) is 10.2. The molecule has 4 N–H and O–H groups in total. The van der Waals surface area contributed by atoms with E-state index in [4.69, 9.17) is 4.74 Å². The first kappa shape index (κ1) is 38.9. The van der Waals surface area contributed by atoms with Crippen LogP contribution >= 0.6 is 0 Å². The molecule has 14 heteroatoms. The van der Waals surface area contributed by atoms with E-state index < -0.39 is 82.0 Å². The van der Waals surface area contributed by atoms with E-state index in [2.05, 4.69) is 26.3 Å². The van der Waals surface area contributed by atoms with Crippen molar-refractivity contribution < 1.29 is 38.3 Å². The second-order valence-electron chi connectivity index (χ2n) is 17.9. The molecule has 2 saturated heterocycles. The highest BCUT2D eigenvalue weighted by atomic mass is 16.6. The lowest BCUT2D eigenvalue weighted by molar-refractivity contribution is -0.146. The van der Waals surface area contributed by atoms with Crippen LogP contribution in [0.4, 0.5) is 4.79 Å². The highest BCUT2D eigenvalue weighted by molar-refractivity contribution is 6.41. The highest BCUT2D eigenvalue weighted by Crippen LogP contribution is 2.71. The summed E-state index contributed by atoms with van der Waals surface area (Å²) in [4.78, 5) is 101. The molecule has 0 radical (unpaired) electrons. The van der Waals surface area contributed by atoms with Crippen molar-refractivity contribution in [1.29, 1.82) is 0 Å². The molecule has 14 nitrogen and oxygen atoms in total. The molecule has 6 fully saturated rings. The van der Waals surface area contributed by atoms with Crippen molar-refractivity contribution in [3.63, 3.8) is 0 Å². The molecule has 4 aliphatic carbocycles. The van der Waals surface area contributed by atoms with Crippen molar-refractivity contribution in [2.75, 3.05) is 6.54 Å². The van der Waals surface area contributed by atoms with Gasteiger partial charge in [0.15, 0.2) is 0 Å². The van der Waals surface area contributed by atoms with Crippen molar-refractivity contribution in [2.24, 2.45) is 39.5 Å². The fourth-order valence-electron chi connectivity index (χ4n) is 10.2. The van der Waals surface area contributed by atoms with Crippen LogP contribution in [-0.2, 0) is 33.5 Å². The molecule has 0 aromatic carbocycles. The number of hydrogen-bond acceptors (Lipinski definition) is 8. The van der Waals surface area contributed by atoms with Gasteiger partial charge in [0, 0.05) is 18.0 Å². The number of nitrogens with one attached hydrogen (secondary N) is 4. The second-order valence-corrected chi connectivity index (χ2v) is 17.9. The molecule has 292 valence electrons. The maximum Gasteiger partial charge on any atom is 0.434 e. The van der Waals surface area contributed by atoms with Gasteiger partial charge in [-0.1, -0.05) is 47.0 Å².